The summed E-state index contributed by atoms with van der Waals surface area (Å²) in [7, 11) is 0. The molecule has 1 saturated heterocycles. The largest absolute Gasteiger partial charge is 0.355 e. The highest BCUT2D eigenvalue weighted by molar-refractivity contribution is 6.00. The van der Waals surface area contributed by atoms with Crippen molar-refractivity contribution in [2.75, 3.05) is 31.1 Å². The van der Waals surface area contributed by atoms with Gasteiger partial charge in [0.1, 0.15) is 0 Å². The second-order valence-corrected chi connectivity index (χ2v) is 8.74. The van der Waals surface area contributed by atoms with E-state index in [9.17, 15) is 9.59 Å². The van der Waals surface area contributed by atoms with Gasteiger partial charge in [-0.2, -0.15) is 0 Å². The molecule has 2 aromatic carbocycles. The van der Waals surface area contributed by atoms with E-state index >= 15 is 0 Å². The summed E-state index contributed by atoms with van der Waals surface area (Å²) in [5, 5.41) is 3.05. The van der Waals surface area contributed by atoms with Crippen LogP contribution in [0.2, 0.25) is 0 Å². The number of carbonyl (C=O) groups excluding carboxylic acids is 2. The van der Waals surface area contributed by atoms with Gasteiger partial charge in [0, 0.05) is 44.8 Å². The molecule has 0 saturated carbocycles. The molecular formula is C25H31N3O2. The van der Waals surface area contributed by atoms with Crippen LogP contribution in [0.3, 0.4) is 0 Å². The van der Waals surface area contributed by atoms with E-state index in [0.29, 0.717) is 19.0 Å². The van der Waals surface area contributed by atoms with Gasteiger partial charge in [0.05, 0.1) is 5.92 Å². The molecule has 158 valence electrons. The molecule has 2 amide bonds. The van der Waals surface area contributed by atoms with Crippen LogP contribution in [0.15, 0.2) is 48.5 Å². The van der Waals surface area contributed by atoms with E-state index in [1.54, 1.807) is 4.90 Å². The fourth-order valence-corrected chi connectivity index (χ4v) is 4.40. The lowest BCUT2D eigenvalue weighted by Crippen LogP contribution is -2.40. The quantitative estimate of drug-likeness (QED) is 0.802. The number of amides is 2. The molecule has 5 heteroatoms. The van der Waals surface area contributed by atoms with Gasteiger partial charge < -0.3 is 10.2 Å². The van der Waals surface area contributed by atoms with E-state index < -0.39 is 0 Å². The lowest BCUT2D eigenvalue weighted by Gasteiger charge is -2.28. The summed E-state index contributed by atoms with van der Waals surface area (Å²) in [6.07, 6.45) is 1.35. The number of carbonyl (C=O) groups is 2. The Bertz CT molecular complexity index is 907. The van der Waals surface area contributed by atoms with Gasteiger partial charge in [-0.1, -0.05) is 50.2 Å². The molecule has 2 aliphatic rings. The molecule has 5 nitrogen and oxygen atoms in total. The molecule has 2 aliphatic heterocycles. The molecule has 1 unspecified atom stereocenters. The maximum absolute atomic E-state index is 12.6. The van der Waals surface area contributed by atoms with Gasteiger partial charge in [-0.15, -0.1) is 0 Å². The van der Waals surface area contributed by atoms with E-state index in [2.05, 4.69) is 60.5 Å². The van der Waals surface area contributed by atoms with E-state index in [1.165, 1.54) is 16.7 Å². The Morgan fingerprint density at radius 2 is 1.83 bits per heavy atom. The number of nitrogens with one attached hydrogen (secondary N) is 1. The average molecular weight is 406 g/mol. The zero-order valence-corrected chi connectivity index (χ0v) is 17.9. The van der Waals surface area contributed by atoms with E-state index in [1.807, 2.05) is 12.1 Å². The molecule has 2 heterocycles. The zero-order chi connectivity index (χ0) is 21.1. The number of hydrogen-bond acceptors (Lipinski definition) is 3. The Kier molecular flexibility index (Phi) is 6.18. The fraction of sp³-hybridized carbons (Fsp3) is 0.440. The molecule has 2 aromatic rings. The highest BCUT2D eigenvalue weighted by Crippen LogP contribution is 2.27. The molecule has 0 radical (unpaired) electrons. The van der Waals surface area contributed by atoms with E-state index in [4.69, 9.17) is 0 Å². The third-order valence-corrected chi connectivity index (χ3v) is 6.30. The van der Waals surface area contributed by atoms with Crippen LogP contribution >= 0.6 is 0 Å². The topological polar surface area (TPSA) is 52.7 Å². The molecule has 0 aliphatic carbocycles. The van der Waals surface area contributed by atoms with Crippen LogP contribution in [0, 0.1) is 5.92 Å². The molecule has 0 bridgehead atoms. The van der Waals surface area contributed by atoms with Crippen molar-refractivity contribution in [3.8, 4) is 0 Å². The predicted octanol–water partition coefficient (Wildman–Crippen LogP) is 3.34. The maximum atomic E-state index is 12.6. The highest BCUT2D eigenvalue weighted by Gasteiger charge is 2.35. The lowest BCUT2D eigenvalue weighted by atomic mass is 10.00. The number of fused-ring (bicyclic) bond motifs is 1. The van der Waals surface area contributed by atoms with E-state index in [-0.39, 0.29) is 24.2 Å². The van der Waals surface area contributed by atoms with Gasteiger partial charge in [-0.25, -0.2) is 0 Å². The van der Waals surface area contributed by atoms with Gasteiger partial charge in [0.2, 0.25) is 11.8 Å². The van der Waals surface area contributed by atoms with Crippen molar-refractivity contribution in [2.24, 2.45) is 5.92 Å². The van der Waals surface area contributed by atoms with Crippen LogP contribution in [-0.4, -0.2) is 42.9 Å². The molecule has 0 spiro atoms. The standard InChI is InChI=1S/C25H31N3O2/c1-18(2)19-7-9-23(10-8-19)28-17-22(15-24(28)29)25(30)26-12-14-27-13-11-20-5-3-4-6-21(20)16-27/h3-10,18,22H,11-17H2,1-2H3,(H,26,30). The number of hydrogen-bond donors (Lipinski definition) is 1. The Balaban J connectivity index is 1.26. The van der Waals surface area contributed by atoms with Crippen molar-refractivity contribution in [2.45, 2.75) is 39.2 Å². The first-order valence-electron chi connectivity index (χ1n) is 11.0. The summed E-state index contributed by atoms with van der Waals surface area (Å²) in [6.45, 7) is 8.18. The van der Waals surface area contributed by atoms with Gasteiger partial charge in [-0.3, -0.25) is 14.5 Å². The van der Waals surface area contributed by atoms with Crippen molar-refractivity contribution in [3.05, 3.63) is 65.2 Å². The third kappa shape index (κ3) is 4.57. The third-order valence-electron chi connectivity index (χ3n) is 6.30. The summed E-state index contributed by atoms with van der Waals surface area (Å²) in [6, 6.07) is 16.7. The van der Waals surface area contributed by atoms with Crippen molar-refractivity contribution in [1.29, 1.82) is 0 Å². The minimum atomic E-state index is -0.274. The van der Waals surface area contributed by atoms with Crippen LogP contribution in [0.1, 0.15) is 42.9 Å². The molecular weight excluding hydrogens is 374 g/mol. The van der Waals surface area contributed by atoms with Crippen molar-refractivity contribution in [3.63, 3.8) is 0 Å². The van der Waals surface area contributed by atoms with E-state index in [0.717, 1.165) is 31.7 Å². The molecule has 0 aromatic heterocycles. The van der Waals surface area contributed by atoms with Crippen molar-refractivity contribution < 1.29 is 9.59 Å². The van der Waals surface area contributed by atoms with Crippen molar-refractivity contribution >= 4 is 17.5 Å². The van der Waals surface area contributed by atoms with Gasteiger partial charge in [0.25, 0.3) is 0 Å². The SMILES string of the molecule is CC(C)c1ccc(N2CC(C(=O)NCCN3CCc4ccccc4C3)CC2=O)cc1. The molecule has 4 rings (SSSR count). The Hall–Kier alpha value is -2.66. The molecule has 1 N–H and O–H groups in total. The highest BCUT2D eigenvalue weighted by atomic mass is 16.2. The summed E-state index contributed by atoms with van der Waals surface area (Å²) >= 11 is 0. The Morgan fingerprint density at radius 1 is 1.10 bits per heavy atom. The summed E-state index contributed by atoms with van der Waals surface area (Å²) < 4.78 is 0. The monoisotopic (exact) mass is 405 g/mol. The first-order valence-corrected chi connectivity index (χ1v) is 11.0. The minimum Gasteiger partial charge on any atom is -0.355 e. The number of anilines is 1. The number of benzene rings is 2. The second-order valence-electron chi connectivity index (χ2n) is 8.74. The zero-order valence-electron chi connectivity index (χ0n) is 17.9. The number of rotatable bonds is 6. The van der Waals surface area contributed by atoms with Crippen LogP contribution < -0.4 is 10.2 Å². The van der Waals surface area contributed by atoms with Crippen LogP contribution in [0.25, 0.3) is 0 Å². The fourth-order valence-electron chi connectivity index (χ4n) is 4.40. The van der Waals surface area contributed by atoms with Crippen LogP contribution in [0.5, 0.6) is 0 Å². The van der Waals surface area contributed by atoms with Crippen LogP contribution in [-0.2, 0) is 22.6 Å². The number of nitrogens with zero attached hydrogens (tertiary/aromatic N) is 2. The predicted molar refractivity (Wildman–Crippen MR) is 119 cm³/mol. The average Bonchev–Trinajstić information content (AvgIpc) is 3.15. The first kappa shape index (κ1) is 20.6. The summed E-state index contributed by atoms with van der Waals surface area (Å²) in [5.74, 6) is 0.201. The second kappa shape index (κ2) is 9.00. The molecule has 30 heavy (non-hydrogen) atoms. The van der Waals surface area contributed by atoms with Gasteiger partial charge >= 0.3 is 0 Å². The minimum absolute atomic E-state index is 0.0120. The Morgan fingerprint density at radius 3 is 2.57 bits per heavy atom. The van der Waals surface area contributed by atoms with Gasteiger partial charge in [-0.05, 0) is 41.2 Å². The smallest absolute Gasteiger partial charge is 0.227 e. The lowest BCUT2D eigenvalue weighted by molar-refractivity contribution is -0.126. The van der Waals surface area contributed by atoms with Crippen LogP contribution in [0.4, 0.5) is 5.69 Å². The summed E-state index contributed by atoms with van der Waals surface area (Å²) in [4.78, 5) is 29.3. The molecule has 1 atom stereocenters. The van der Waals surface area contributed by atoms with Gasteiger partial charge in [0.15, 0.2) is 0 Å². The maximum Gasteiger partial charge on any atom is 0.227 e. The van der Waals surface area contributed by atoms with Crippen molar-refractivity contribution in [1.82, 2.24) is 10.2 Å². The molecule has 1 fully saturated rings. The summed E-state index contributed by atoms with van der Waals surface area (Å²) in [5.41, 5.74) is 4.95. The Labute approximate surface area is 179 Å². The normalized spacial score (nSPS) is 19.2. The first-order chi connectivity index (χ1) is 14.5.